The maximum absolute atomic E-state index is 10.6. The molecule has 1 heterocycles. The van der Waals surface area contributed by atoms with Gasteiger partial charge in [-0.15, -0.1) is 0 Å². The largest absolute Gasteiger partial charge is 0.525 e. The quantitative estimate of drug-likeness (QED) is 0.711. The van der Waals surface area contributed by atoms with E-state index in [0.29, 0.717) is 10.5 Å². The molecule has 0 amide bonds. The fourth-order valence-corrected chi connectivity index (χ4v) is 1.78. The van der Waals surface area contributed by atoms with Gasteiger partial charge < -0.3 is 9.51 Å². The molecule has 0 aliphatic heterocycles. The van der Waals surface area contributed by atoms with Gasteiger partial charge in [0, 0.05) is 22.0 Å². The van der Waals surface area contributed by atoms with Crippen LogP contribution in [0.25, 0.3) is 10.9 Å². The fourth-order valence-electron chi connectivity index (χ4n) is 1.25. The molecule has 0 bridgehead atoms. The van der Waals surface area contributed by atoms with Gasteiger partial charge in [0.05, 0.1) is 0 Å². The maximum atomic E-state index is 10.6. The van der Waals surface area contributed by atoms with Crippen molar-refractivity contribution in [3.8, 4) is 5.88 Å². The molecule has 3 N–H and O–H groups in total. The van der Waals surface area contributed by atoms with Gasteiger partial charge in [-0.3, -0.25) is 9.79 Å². The fraction of sp³-hybridized carbons (Fsp3) is 0. The lowest BCUT2D eigenvalue weighted by molar-refractivity contribution is 0.280. The number of fused-ring (bicyclic) bond motifs is 1. The Bertz CT molecular complexity index is 547. The number of phosphoric ester groups is 1. The molecular formula is C8H7ClNO4P. The van der Waals surface area contributed by atoms with Crippen LogP contribution in [-0.4, -0.2) is 14.8 Å². The van der Waals surface area contributed by atoms with E-state index < -0.39 is 7.82 Å². The molecule has 2 aromatic rings. The Hall–Kier alpha value is -1.00. The van der Waals surface area contributed by atoms with Gasteiger partial charge in [0.1, 0.15) is 0 Å². The van der Waals surface area contributed by atoms with Crippen molar-refractivity contribution in [1.29, 1.82) is 0 Å². The zero-order valence-corrected chi connectivity index (χ0v) is 9.00. The molecular weight excluding hydrogens is 241 g/mol. The molecule has 0 atom stereocenters. The van der Waals surface area contributed by atoms with Crippen molar-refractivity contribution in [2.75, 3.05) is 0 Å². The molecule has 0 unspecified atom stereocenters. The normalized spacial score (nSPS) is 11.9. The summed E-state index contributed by atoms with van der Waals surface area (Å²) in [6, 6.07) is 6.54. The van der Waals surface area contributed by atoms with Gasteiger partial charge in [-0.05, 0) is 12.1 Å². The number of aromatic nitrogens is 1. The second kappa shape index (κ2) is 3.54. The lowest BCUT2D eigenvalue weighted by Gasteiger charge is -2.02. The number of aromatic amines is 1. The van der Waals surface area contributed by atoms with Gasteiger partial charge in [0.25, 0.3) is 0 Å². The third kappa shape index (κ3) is 2.52. The van der Waals surface area contributed by atoms with Crippen molar-refractivity contribution >= 4 is 30.3 Å². The molecule has 15 heavy (non-hydrogen) atoms. The summed E-state index contributed by atoms with van der Waals surface area (Å²) < 4.78 is 15.0. The highest BCUT2D eigenvalue weighted by atomic mass is 35.5. The lowest BCUT2D eigenvalue weighted by atomic mass is 10.2. The van der Waals surface area contributed by atoms with E-state index in [1.54, 1.807) is 18.2 Å². The summed E-state index contributed by atoms with van der Waals surface area (Å²) in [5, 5.41) is 1.30. The van der Waals surface area contributed by atoms with Crippen LogP contribution < -0.4 is 4.52 Å². The highest BCUT2D eigenvalue weighted by molar-refractivity contribution is 7.46. The molecule has 0 aliphatic rings. The Labute approximate surface area is 89.9 Å². The number of nitrogens with one attached hydrogen (secondary N) is 1. The summed E-state index contributed by atoms with van der Waals surface area (Å²) in [5.74, 6) is 0.0144. The van der Waals surface area contributed by atoms with Crippen molar-refractivity contribution in [1.82, 2.24) is 4.98 Å². The standard InChI is InChI=1S/C8H7ClNO4P/c9-6-2-1-5-3-8(10-7(5)4-6)14-15(11,12)13/h1-4,10H,(H2,11,12,13). The molecule has 5 nitrogen and oxygen atoms in total. The monoisotopic (exact) mass is 247 g/mol. The Balaban J connectivity index is 2.43. The minimum Gasteiger partial charge on any atom is -0.388 e. The predicted octanol–water partition coefficient (Wildman–Crippen LogP) is 2.29. The minimum atomic E-state index is -4.52. The highest BCUT2D eigenvalue weighted by Crippen LogP contribution is 2.38. The van der Waals surface area contributed by atoms with E-state index in [-0.39, 0.29) is 5.88 Å². The average molecular weight is 248 g/mol. The first kappa shape index (κ1) is 10.5. The zero-order chi connectivity index (χ0) is 11.1. The van der Waals surface area contributed by atoms with E-state index in [2.05, 4.69) is 9.51 Å². The average Bonchev–Trinajstić information content (AvgIpc) is 2.42. The predicted molar refractivity (Wildman–Crippen MR) is 56.0 cm³/mol. The molecule has 1 aromatic carbocycles. The van der Waals surface area contributed by atoms with Crippen LogP contribution in [0.3, 0.4) is 0 Å². The highest BCUT2D eigenvalue weighted by Gasteiger charge is 2.17. The topological polar surface area (TPSA) is 82.6 Å². The maximum Gasteiger partial charge on any atom is 0.525 e. The number of rotatable bonds is 2. The van der Waals surface area contributed by atoms with Gasteiger partial charge in [-0.2, -0.15) is 0 Å². The van der Waals surface area contributed by atoms with Crippen molar-refractivity contribution in [3.05, 3.63) is 29.3 Å². The van der Waals surface area contributed by atoms with Crippen LogP contribution in [0.2, 0.25) is 5.02 Å². The zero-order valence-electron chi connectivity index (χ0n) is 7.35. The van der Waals surface area contributed by atoms with Crippen molar-refractivity contribution < 1.29 is 18.9 Å². The Kier molecular flexibility index (Phi) is 2.48. The SMILES string of the molecule is O=P(O)(O)Oc1cc2ccc(Cl)cc2[nH]1. The second-order valence-electron chi connectivity index (χ2n) is 2.95. The number of benzene rings is 1. The van der Waals surface area contributed by atoms with Crippen molar-refractivity contribution in [2.45, 2.75) is 0 Å². The van der Waals surface area contributed by atoms with Gasteiger partial charge in [-0.25, -0.2) is 4.57 Å². The van der Waals surface area contributed by atoms with Crippen LogP contribution in [0.4, 0.5) is 0 Å². The summed E-state index contributed by atoms with van der Waals surface area (Å²) in [6.07, 6.45) is 0. The number of H-pyrrole nitrogens is 1. The molecule has 0 saturated carbocycles. The summed E-state index contributed by atoms with van der Waals surface area (Å²) in [6.45, 7) is 0. The van der Waals surface area contributed by atoms with Crippen LogP contribution in [0.15, 0.2) is 24.3 Å². The first-order chi connectivity index (χ1) is 6.94. The first-order valence-corrected chi connectivity index (χ1v) is 5.88. The van der Waals surface area contributed by atoms with Crippen molar-refractivity contribution in [3.63, 3.8) is 0 Å². The Morgan fingerprint density at radius 3 is 2.73 bits per heavy atom. The van der Waals surface area contributed by atoms with Crippen LogP contribution in [0.5, 0.6) is 5.88 Å². The third-order valence-electron chi connectivity index (χ3n) is 1.78. The first-order valence-electron chi connectivity index (χ1n) is 3.97. The number of hydrogen-bond acceptors (Lipinski definition) is 2. The molecule has 0 fully saturated rings. The minimum absolute atomic E-state index is 0.0144. The second-order valence-corrected chi connectivity index (χ2v) is 4.55. The van der Waals surface area contributed by atoms with Gasteiger partial charge in [-0.1, -0.05) is 17.7 Å². The third-order valence-corrected chi connectivity index (χ3v) is 2.45. The molecule has 80 valence electrons. The van der Waals surface area contributed by atoms with E-state index in [9.17, 15) is 4.57 Å². The Morgan fingerprint density at radius 1 is 1.33 bits per heavy atom. The number of halogens is 1. The molecule has 0 aliphatic carbocycles. The van der Waals surface area contributed by atoms with Crippen molar-refractivity contribution in [2.24, 2.45) is 0 Å². The number of phosphoric acid groups is 1. The molecule has 0 radical (unpaired) electrons. The van der Waals surface area contributed by atoms with Crippen LogP contribution in [-0.2, 0) is 4.57 Å². The molecule has 1 aromatic heterocycles. The summed E-state index contributed by atoms with van der Waals surface area (Å²) >= 11 is 5.75. The lowest BCUT2D eigenvalue weighted by Crippen LogP contribution is -1.89. The summed E-state index contributed by atoms with van der Waals surface area (Å²) in [4.78, 5) is 19.9. The van der Waals surface area contributed by atoms with Crippen LogP contribution >= 0.6 is 19.4 Å². The molecule has 0 spiro atoms. The molecule has 7 heteroatoms. The van der Waals surface area contributed by atoms with E-state index in [0.717, 1.165) is 5.39 Å². The van der Waals surface area contributed by atoms with E-state index >= 15 is 0 Å². The molecule has 0 saturated heterocycles. The molecule has 2 rings (SSSR count). The van der Waals surface area contributed by atoms with E-state index in [1.807, 2.05) is 0 Å². The van der Waals surface area contributed by atoms with Gasteiger partial charge >= 0.3 is 7.82 Å². The number of hydrogen-bond donors (Lipinski definition) is 3. The summed E-state index contributed by atoms with van der Waals surface area (Å²) in [7, 11) is -4.52. The van der Waals surface area contributed by atoms with Crippen LogP contribution in [0.1, 0.15) is 0 Å². The van der Waals surface area contributed by atoms with Gasteiger partial charge in [0.15, 0.2) is 0 Å². The smallest absolute Gasteiger partial charge is 0.388 e. The van der Waals surface area contributed by atoms with E-state index in [4.69, 9.17) is 21.4 Å². The Morgan fingerprint density at radius 2 is 2.07 bits per heavy atom. The summed E-state index contributed by atoms with van der Waals surface area (Å²) in [5.41, 5.74) is 0.658. The van der Waals surface area contributed by atoms with E-state index in [1.165, 1.54) is 6.07 Å². The van der Waals surface area contributed by atoms with Crippen LogP contribution in [0, 0.1) is 0 Å². The van der Waals surface area contributed by atoms with Gasteiger partial charge in [0.2, 0.25) is 5.88 Å².